The van der Waals surface area contributed by atoms with Crippen LogP contribution in [0.3, 0.4) is 0 Å². The minimum absolute atomic E-state index is 0.0362. The van der Waals surface area contributed by atoms with Gasteiger partial charge >= 0.3 is 12.1 Å². The Balaban J connectivity index is 1.99. The summed E-state index contributed by atoms with van der Waals surface area (Å²) in [5, 5.41) is 0.345. The van der Waals surface area contributed by atoms with Crippen molar-refractivity contribution < 1.29 is 27.4 Å². The summed E-state index contributed by atoms with van der Waals surface area (Å²) in [6, 6.07) is 8.13. The van der Waals surface area contributed by atoms with Crippen molar-refractivity contribution in [1.29, 1.82) is 0 Å². The molecular formula is C26H20ClF3I2N2O4S. The van der Waals surface area contributed by atoms with Gasteiger partial charge in [0.15, 0.2) is 10.5 Å². The second kappa shape index (κ2) is 11.9. The van der Waals surface area contributed by atoms with Gasteiger partial charge in [0.2, 0.25) is 0 Å². The predicted molar refractivity (Wildman–Crippen MR) is 160 cm³/mol. The number of carbonyl (C=O) groups is 1. The molecule has 4 rings (SSSR count). The third kappa shape index (κ3) is 6.38. The lowest BCUT2D eigenvalue weighted by Gasteiger charge is -2.26. The van der Waals surface area contributed by atoms with E-state index in [1.807, 2.05) is 26.0 Å². The van der Waals surface area contributed by atoms with Crippen molar-refractivity contribution in [2.75, 3.05) is 6.61 Å². The molecule has 0 radical (unpaired) electrons. The Kier molecular flexibility index (Phi) is 9.18. The monoisotopic (exact) mass is 802 g/mol. The van der Waals surface area contributed by atoms with Crippen LogP contribution in [0.15, 0.2) is 57.5 Å². The molecule has 0 spiro atoms. The van der Waals surface area contributed by atoms with Crippen molar-refractivity contribution >= 4 is 80.2 Å². The number of hydrogen-bond acceptors (Lipinski definition) is 6. The fourth-order valence-corrected chi connectivity index (χ4v) is 7.16. The molecule has 0 unspecified atom stereocenters. The third-order valence-corrected chi connectivity index (χ3v) is 8.29. The third-order valence-electron chi connectivity index (χ3n) is 5.45. The first-order chi connectivity index (χ1) is 18.3. The highest BCUT2D eigenvalue weighted by Crippen LogP contribution is 2.38. The summed E-state index contributed by atoms with van der Waals surface area (Å²) in [5.41, 5.74) is -1.83. The lowest BCUT2D eigenvalue weighted by Crippen LogP contribution is -2.41. The summed E-state index contributed by atoms with van der Waals surface area (Å²) < 4.78 is 56.4. The van der Waals surface area contributed by atoms with Gasteiger partial charge < -0.3 is 9.47 Å². The Morgan fingerprint density at radius 2 is 1.82 bits per heavy atom. The molecule has 2 aromatic carbocycles. The Bertz CT molecular complexity index is 1620. The number of allylic oxidation sites excluding steroid dienone is 1. The molecular weight excluding hydrogens is 783 g/mol. The fourth-order valence-electron chi connectivity index (χ4n) is 3.96. The number of fused-ring (bicyclic) bond motifs is 1. The number of nitrogens with zero attached hydrogens (tertiary/aromatic N) is 2. The first kappa shape index (κ1) is 30.1. The van der Waals surface area contributed by atoms with E-state index in [-0.39, 0.29) is 27.6 Å². The van der Waals surface area contributed by atoms with Crippen LogP contribution in [0.1, 0.15) is 37.9 Å². The zero-order valence-electron chi connectivity index (χ0n) is 20.6. The molecule has 39 heavy (non-hydrogen) atoms. The van der Waals surface area contributed by atoms with Crippen LogP contribution in [-0.2, 0) is 9.53 Å². The summed E-state index contributed by atoms with van der Waals surface area (Å²) >= 11 is 11.1. The number of ether oxygens (including phenoxy) is 2. The number of thiazole rings is 1. The summed E-state index contributed by atoms with van der Waals surface area (Å²) in [6.45, 7) is 5.16. The molecule has 0 bridgehead atoms. The van der Waals surface area contributed by atoms with Gasteiger partial charge in [-0.15, -0.1) is 0 Å². The molecule has 0 saturated heterocycles. The predicted octanol–water partition coefficient (Wildman–Crippen LogP) is 5.99. The second-order valence-corrected chi connectivity index (χ2v) is 12.4. The van der Waals surface area contributed by atoms with Crippen LogP contribution in [0.4, 0.5) is 13.2 Å². The molecule has 2 heterocycles. The van der Waals surface area contributed by atoms with E-state index < -0.39 is 35.0 Å². The van der Waals surface area contributed by atoms with Crippen molar-refractivity contribution in [3.63, 3.8) is 0 Å². The molecule has 13 heteroatoms. The number of rotatable bonds is 6. The molecule has 1 aliphatic rings. The first-order valence-electron chi connectivity index (χ1n) is 11.5. The van der Waals surface area contributed by atoms with Gasteiger partial charge in [-0.1, -0.05) is 35.1 Å². The van der Waals surface area contributed by atoms with Gasteiger partial charge in [0.25, 0.3) is 5.56 Å². The van der Waals surface area contributed by atoms with Gasteiger partial charge in [0.05, 0.1) is 36.0 Å². The summed E-state index contributed by atoms with van der Waals surface area (Å²) in [4.78, 5) is 30.2. The minimum atomic E-state index is -4.97. The highest BCUT2D eigenvalue weighted by molar-refractivity contribution is 14.1. The fraction of sp³-hybridized carbons (Fsp3) is 0.269. The van der Waals surface area contributed by atoms with Crippen LogP contribution in [0.25, 0.3) is 6.08 Å². The molecule has 0 amide bonds. The summed E-state index contributed by atoms with van der Waals surface area (Å²) in [6.07, 6.45) is -3.42. The van der Waals surface area contributed by atoms with Crippen LogP contribution in [0.2, 0.25) is 5.02 Å². The minimum Gasteiger partial charge on any atom is -0.489 e. The zero-order valence-corrected chi connectivity index (χ0v) is 26.5. The first-order valence-corrected chi connectivity index (χ1v) is 14.9. The normalized spacial score (nSPS) is 15.8. The van der Waals surface area contributed by atoms with Crippen molar-refractivity contribution in [2.45, 2.75) is 39.1 Å². The molecule has 1 aliphatic heterocycles. The molecule has 0 saturated carbocycles. The lowest BCUT2D eigenvalue weighted by atomic mass is 9.95. The van der Waals surface area contributed by atoms with E-state index in [4.69, 9.17) is 21.1 Å². The number of esters is 1. The Hall–Kier alpha value is -1.91. The number of carbonyl (C=O) groups excluding carboxylic acids is 1. The zero-order chi connectivity index (χ0) is 28.6. The molecule has 1 aromatic heterocycles. The molecule has 206 valence electrons. The molecule has 0 N–H and O–H groups in total. The molecule has 6 nitrogen and oxygen atoms in total. The number of benzene rings is 2. The van der Waals surface area contributed by atoms with Crippen molar-refractivity contribution in [3.05, 3.63) is 90.6 Å². The number of hydrogen-bond donors (Lipinski definition) is 0. The highest BCUT2D eigenvalue weighted by atomic mass is 127. The largest absolute Gasteiger partial charge is 0.489 e. The van der Waals surface area contributed by atoms with E-state index in [0.29, 0.717) is 16.3 Å². The second-order valence-electron chi connectivity index (χ2n) is 8.60. The van der Waals surface area contributed by atoms with E-state index in [1.165, 1.54) is 31.2 Å². The summed E-state index contributed by atoms with van der Waals surface area (Å²) in [7, 11) is 0. The number of halogens is 6. The van der Waals surface area contributed by atoms with E-state index in [2.05, 4.69) is 50.2 Å². The number of alkyl halides is 3. The van der Waals surface area contributed by atoms with Gasteiger partial charge in [0, 0.05) is 5.02 Å². The van der Waals surface area contributed by atoms with E-state index >= 15 is 0 Å². The Morgan fingerprint density at radius 1 is 1.21 bits per heavy atom. The van der Waals surface area contributed by atoms with Crippen LogP contribution in [0.5, 0.6) is 5.75 Å². The van der Waals surface area contributed by atoms with E-state index in [9.17, 15) is 22.8 Å². The highest BCUT2D eigenvalue weighted by Gasteiger charge is 2.45. The van der Waals surface area contributed by atoms with Crippen molar-refractivity contribution in [2.24, 2.45) is 4.99 Å². The van der Waals surface area contributed by atoms with E-state index in [0.717, 1.165) is 23.0 Å². The van der Waals surface area contributed by atoms with Crippen molar-refractivity contribution in [3.8, 4) is 5.75 Å². The van der Waals surface area contributed by atoms with Gasteiger partial charge in [-0.3, -0.25) is 9.36 Å². The molecule has 1 atom stereocenters. The summed E-state index contributed by atoms with van der Waals surface area (Å²) in [5.74, 6) is -0.492. The average Bonchev–Trinajstić information content (AvgIpc) is 3.15. The molecule has 3 aromatic rings. The van der Waals surface area contributed by atoms with Gasteiger partial charge in [-0.05, 0) is 107 Å². The van der Waals surface area contributed by atoms with Crippen LogP contribution < -0.4 is 19.6 Å². The van der Waals surface area contributed by atoms with Crippen LogP contribution in [-0.4, -0.2) is 29.4 Å². The maximum Gasteiger partial charge on any atom is 0.434 e. The maximum atomic E-state index is 14.2. The van der Waals surface area contributed by atoms with Gasteiger partial charge in [-0.25, -0.2) is 9.79 Å². The van der Waals surface area contributed by atoms with Crippen LogP contribution >= 0.6 is 68.1 Å². The molecule has 0 fully saturated rings. The molecule has 0 aliphatic carbocycles. The average molecular weight is 803 g/mol. The number of aromatic nitrogens is 1. The standard InChI is InChI=1S/C26H20ClF3I2N2O4S/c1-4-37-24(36)19-20(14-5-7-15(27)8-6-14)34-23(35)18(39-25(34)33-22(19)26(28,29)30)11-13-9-16(31)21(17(32)10-13)38-12(2)3/h5-12,20H,4H2,1-3H3/b18-11-/t20-/m1/s1. The quantitative estimate of drug-likeness (QED) is 0.227. The topological polar surface area (TPSA) is 69.9 Å². The van der Waals surface area contributed by atoms with Crippen molar-refractivity contribution in [1.82, 2.24) is 4.57 Å². The Labute approximate surface area is 257 Å². The van der Waals surface area contributed by atoms with Crippen LogP contribution in [0, 0.1) is 7.14 Å². The van der Waals surface area contributed by atoms with Gasteiger partial charge in [-0.2, -0.15) is 13.2 Å². The SMILES string of the molecule is CCOC(=O)C1=C(C(F)(F)F)N=c2s/c(=C\c3cc(I)c(OC(C)C)c(I)c3)c(=O)n2[C@@H]1c1ccc(Cl)cc1. The van der Waals surface area contributed by atoms with Gasteiger partial charge in [0.1, 0.15) is 5.75 Å². The smallest absolute Gasteiger partial charge is 0.434 e. The Morgan fingerprint density at radius 3 is 2.36 bits per heavy atom. The lowest BCUT2D eigenvalue weighted by molar-refractivity contribution is -0.140. The van der Waals surface area contributed by atoms with E-state index in [1.54, 1.807) is 6.08 Å². The maximum absolute atomic E-state index is 14.2.